The Labute approximate surface area is 184 Å². The molecule has 2 aromatic carbocycles. The molecule has 1 unspecified atom stereocenters. The Bertz CT molecular complexity index is 1110. The van der Waals surface area contributed by atoms with Gasteiger partial charge in [0.15, 0.2) is 5.16 Å². The Morgan fingerprint density at radius 2 is 1.93 bits per heavy atom. The van der Waals surface area contributed by atoms with E-state index in [4.69, 9.17) is 4.98 Å². The molecule has 1 aliphatic rings. The van der Waals surface area contributed by atoms with Gasteiger partial charge in [-0.2, -0.15) is 0 Å². The smallest absolute Gasteiger partial charge is 0.268 e. The van der Waals surface area contributed by atoms with Crippen molar-refractivity contribution in [2.45, 2.75) is 42.1 Å². The zero-order valence-corrected chi connectivity index (χ0v) is 18.6. The lowest BCUT2D eigenvalue weighted by Crippen LogP contribution is -2.26. The first-order chi connectivity index (χ1) is 14.5. The van der Waals surface area contributed by atoms with E-state index in [0.29, 0.717) is 17.0 Å². The highest BCUT2D eigenvalue weighted by Crippen LogP contribution is 2.34. The van der Waals surface area contributed by atoms with Crippen molar-refractivity contribution < 1.29 is 4.79 Å². The third-order valence-electron chi connectivity index (χ3n) is 4.81. The molecule has 1 aromatic heterocycles. The summed E-state index contributed by atoms with van der Waals surface area (Å²) < 4.78 is 1.70. The molecule has 0 radical (unpaired) electrons. The third kappa shape index (κ3) is 4.79. The van der Waals surface area contributed by atoms with E-state index in [1.807, 2.05) is 61.5 Å². The van der Waals surface area contributed by atoms with Crippen LogP contribution in [-0.4, -0.2) is 26.5 Å². The summed E-state index contributed by atoms with van der Waals surface area (Å²) in [4.78, 5) is 31.2. The average Bonchev–Trinajstić information content (AvgIpc) is 3.12. The summed E-state index contributed by atoms with van der Waals surface area (Å²) in [7, 11) is 0. The SMILES string of the molecule is Cc1ccc(NC(=O)CSc2nc3c(c(=O)n2Cc2ccccc2)SC(C)C3)cc1. The van der Waals surface area contributed by atoms with Crippen LogP contribution in [0, 0.1) is 6.92 Å². The molecule has 3 aromatic rings. The number of anilines is 1. The van der Waals surface area contributed by atoms with Gasteiger partial charge in [-0.3, -0.25) is 14.2 Å². The number of thioether (sulfide) groups is 2. The van der Waals surface area contributed by atoms with Gasteiger partial charge in [0.1, 0.15) is 0 Å². The molecular formula is C23H23N3O2S2. The number of carbonyl (C=O) groups is 1. The highest BCUT2D eigenvalue weighted by molar-refractivity contribution is 8.00. The predicted octanol–water partition coefficient (Wildman–Crippen LogP) is 4.37. The quantitative estimate of drug-likeness (QED) is 0.458. The van der Waals surface area contributed by atoms with Crippen LogP contribution >= 0.6 is 23.5 Å². The fourth-order valence-electron chi connectivity index (χ4n) is 3.31. The predicted molar refractivity (Wildman–Crippen MR) is 124 cm³/mol. The van der Waals surface area contributed by atoms with Gasteiger partial charge in [-0.05, 0) is 24.6 Å². The van der Waals surface area contributed by atoms with Gasteiger partial charge in [0, 0.05) is 17.4 Å². The molecule has 0 saturated heterocycles. The van der Waals surface area contributed by atoms with E-state index in [1.54, 1.807) is 16.3 Å². The summed E-state index contributed by atoms with van der Waals surface area (Å²) in [5.41, 5.74) is 3.77. The molecule has 0 saturated carbocycles. The number of hydrogen-bond donors (Lipinski definition) is 1. The summed E-state index contributed by atoms with van der Waals surface area (Å²) in [5.74, 6) is 0.0731. The number of fused-ring (bicyclic) bond motifs is 1. The molecule has 1 aliphatic heterocycles. The van der Waals surface area contributed by atoms with E-state index in [0.717, 1.165) is 33.8 Å². The van der Waals surface area contributed by atoms with Crippen LogP contribution < -0.4 is 10.9 Å². The van der Waals surface area contributed by atoms with Crippen molar-refractivity contribution in [1.29, 1.82) is 0 Å². The number of rotatable bonds is 6. The van der Waals surface area contributed by atoms with Gasteiger partial charge in [0.05, 0.1) is 22.9 Å². The van der Waals surface area contributed by atoms with Crippen LogP contribution in [0.4, 0.5) is 5.69 Å². The van der Waals surface area contributed by atoms with Crippen molar-refractivity contribution in [3.05, 3.63) is 81.8 Å². The molecule has 4 rings (SSSR count). The maximum Gasteiger partial charge on any atom is 0.268 e. The summed E-state index contributed by atoms with van der Waals surface area (Å²) in [6.07, 6.45) is 0.782. The Balaban J connectivity index is 1.56. The lowest BCUT2D eigenvalue weighted by molar-refractivity contribution is -0.113. The molecule has 1 amide bonds. The lowest BCUT2D eigenvalue weighted by Gasteiger charge is -2.14. The standard InChI is InChI=1S/C23H23N3O2S2/c1-15-8-10-18(11-9-15)24-20(27)14-29-23-25-19-12-16(2)30-21(19)22(28)26(23)13-17-6-4-3-5-7-17/h3-11,16H,12-14H2,1-2H3,(H,24,27). The molecule has 5 nitrogen and oxygen atoms in total. The Kier molecular flexibility index (Phi) is 6.29. The second-order valence-electron chi connectivity index (χ2n) is 7.38. The zero-order chi connectivity index (χ0) is 21.1. The van der Waals surface area contributed by atoms with Crippen LogP contribution in [0.25, 0.3) is 0 Å². The summed E-state index contributed by atoms with van der Waals surface area (Å²) >= 11 is 2.90. The number of carbonyl (C=O) groups excluding carboxylic acids is 1. The van der Waals surface area contributed by atoms with Crippen molar-refractivity contribution in [2.24, 2.45) is 0 Å². The van der Waals surface area contributed by atoms with Crippen molar-refractivity contribution in [2.75, 3.05) is 11.1 Å². The van der Waals surface area contributed by atoms with Crippen LogP contribution in [0.5, 0.6) is 0 Å². The van der Waals surface area contributed by atoms with Gasteiger partial charge in [0.2, 0.25) is 5.91 Å². The number of nitrogens with one attached hydrogen (secondary N) is 1. The fraction of sp³-hybridized carbons (Fsp3) is 0.261. The average molecular weight is 438 g/mol. The molecule has 0 aliphatic carbocycles. The molecular weight excluding hydrogens is 414 g/mol. The highest BCUT2D eigenvalue weighted by Gasteiger charge is 2.26. The molecule has 2 heterocycles. The molecule has 1 N–H and O–H groups in total. The first-order valence-electron chi connectivity index (χ1n) is 9.83. The molecule has 1 atom stereocenters. The minimum absolute atomic E-state index is 0.0142. The minimum atomic E-state index is -0.118. The Hall–Kier alpha value is -2.51. The van der Waals surface area contributed by atoms with E-state index in [1.165, 1.54) is 11.8 Å². The molecule has 0 bridgehead atoms. The Morgan fingerprint density at radius 3 is 2.67 bits per heavy atom. The minimum Gasteiger partial charge on any atom is -0.325 e. The van der Waals surface area contributed by atoms with Crippen LogP contribution in [-0.2, 0) is 17.8 Å². The van der Waals surface area contributed by atoms with Gasteiger partial charge < -0.3 is 5.32 Å². The van der Waals surface area contributed by atoms with E-state index in [2.05, 4.69) is 12.2 Å². The van der Waals surface area contributed by atoms with E-state index in [-0.39, 0.29) is 17.2 Å². The molecule has 7 heteroatoms. The van der Waals surface area contributed by atoms with Crippen molar-refractivity contribution in [1.82, 2.24) is 9.55 Å². The normalized spacial score (nSPS) is 15.1. The summed E-state index contributed by atoms with van der Waals surface area (Å²) in [6.45, 7) is 4.55. The maximum absolute atomic E-state index is 13.2. The molecule has 154 valence electrons. The van der Waals surface area contributed by atoms with Crippen LogP contribution in [0.1, 0.15) is 23.7 Å². The van der Waals surface area contributed by atoms with Crippen molar-refractivity contribution in [3.63, 3.8) is 0 Å². The Morgan fingerprint density at radius 1 is 1.20 bits per heavy atom. The van der Waals surface area contributed by atoms with E-state index < -0.39 is 0 Å². The molecule has 0 spiro atoms. The molecule has 0 fully saturated rings. The number of nitrogens with zero attached hydrogens (tertiary/aromatic N) is 2. The number of benzene rings is 2. The number of amides is 1. The van der Waals surface area contributed by atoms with Gasteiger partial charge in [0.25, 0.3) is 5.56 Å². The number of aryl methyl sites for hydroxylation is 1. The van der Waals surface area contributed by atoms with Crippen LogP contribution in [0.15, 0.2) is 69.4 Å². The lowest BCUT2D eigenvalue weighted by atomic mass is 10.2. The van der Waals surface area contributed by atoms with Gasteiger partial charge in [-0.25, -0.2) is 4.98 Å². The van der Waals surface area contributed by atoms with E-state index in [9.17, 15) is 9.59 Å². The van der Waals surface area contributed by atoms with Crippen LogP contribution in [0.2, 0.25) is 0 Å². The van der Waals surface area contributed by atoms with Gasteiger partial charge >= 0.3 is 0 Å². The largest absolute Gasteiger partial charge is 0.325 e. The first kappa shape index (κ1) is 20.8. The monoisotopic (exact) mass is 437 g/mol. The topological polar surface area (TPSA) is 64.0 Å². The maximum atomic E-state index is 13.2. The van der Waals surface area contributed by atoms with Crippen molar-refractivity contribution in [3.8, 4) is 0 Å². The number of aromatic nitrogens is 2. The molecule has 30 heavy (non-hydrogen) atoms. The van der Waals surface area contributed by atoms with Gasteiger partial charge in [-0.15, -0.1) is 11.8 Å². The first-order valence-corrected chi connectivity index (χ1v) is 11.7. The third-order valence-corrected chi connectivity index (χ3v) is 7.01. The fourth-order valence-corrected chi connectivity index (χ4v) is 5.24. The van der Waals surface area contributed by atoms with Crippen molar-refractivity contribution >= 4 is 35.1 Å². The van der Waals surface area contributed by atoms with E-state index >= 15 is 0 Å². The second-order valence-corrected chi connectivity index (χ2v) is 9.77. The van der Waals surface area contributed by atoms with Gasteiger partial charge in [-0.1, -0.05) is 66.7 Å². The number of hydrogen-bond acceptors (Lipinski definition) is 5. The second kappa shape index (κ2) is 9.10. The summed E-state index contributed by atoms with van der Waals surface area (Å²) in [6, 6.07) is 17.5. The highest BCUT2D eigenvalue weighted by atomic mass is 32.2. The van der Waals surface area contributed by atoms with Crippen LogP contribution in [0.3, 0.4) is 0 Å². The summed E-state index contributed by atoms with van der Waals surface area (Å²) in [5, 5.41) is 3.84. The zero-order valence-electron chi connectivity index (χ0n) is 16.9.